The first kappa shape index (κ1) is 13.5. The van der Waals surface area contributed by atoms with E-state index in [0.29, 0.717) is 31.4 Å². The zero-order valence-electron chi connectivity index (χ0n) is 9.88. The minimum absolute atomic E-state index is 0.0332. The lowest BCUT2D eigenvalue weighted by Crippen LogP contribution is -2.34. The fourth-order valence-electron chi connectivity index (χ4n) is 1.63. The number of sulfone groups is 1. The van der Waals surface area contributed by atoms with Gasteiger partial charge in [0, 0.05) is 12.8 Å². The van der Waals surface area contributed by atoms with E-state index in [1.54, 1.807) is 0 Å². The van der Waals surface area contributed by atoms with Gasteiger partial charge in [0.05, 0.1) is 25.9 Å². The maximum Gasteiger partial charge on any atom is 0.182 e. The van der Waals surface area contributed by atoms with Crippen LogP contribution in [0.4, 0.5) is 10.8 Å². The van der Waals surface area contributed by atoms with Crippen LogP contribution in [-0.2, 0) is 19.3 Å². The molecular weight excluding hydrogens is 278 g/mol. The lowest BCUT2D eigenvalue weighted by atomic mass is 10.3. The molecule has 7 nitrogen and oxygen atoms in total. The van der Waals surface area contributed by atoms with Crippen LogP contribution in [0, 0.1) is 0 Å². The predicted molar refractivity (Wildman–Crippen MR) is 68.7 cm³/mol. The van der Waals surface area contributed by atoms with Gasteiger partial charge >= 0.3 is 0 Å². The van der Waals surface area contributed by atoms with Gasteiger partial charge in [-0.15, -0.1) is 0 Å². The van der Waals surface area contributed by atoms with Crippen molar-refractivity contribution in [1.82, 2.24) is 4.37 Å². The van der Waals surface area contributed by atoms with Crippen molar-refractivity contribution in [3.05, 3.63) is 0 Å². The summed E-state index contributed by atoms with van der Waals surface area (Å²) in [5.41, 5.74) is 5.56. The van der Waals surface area contributed by atoms with E-state index in [9.17, 15) is 8.42 Å². The molecule has 0 amide bonds. The van der Waals surface area contributed by atoms with Gasteiger partial charge in [-0.05, 0) is 11.5 Å². The Morgan fingerprint density at radius 1 is 1.56 bits per heavy atom. The molecule has 1 aromatic rings. The summed E-state index contributed by atoms with van der Waals surface area (Å²) >= 11 is 1.03. The van der Waals surface area contributed by atoms with Gasteiger partial charge in [0.15, 0.2) is 15.7 Å². The van der Waals surface area contributed by atoms with Crippen LogP contribution in [0.15, 0.2) is 4.90 Å². The van der Waals surface area contributed by atoms with E-state index in [4.69, 9.17) is 15.2 Å². The topological polar surface area (TPSA) is 104 Å². The molecule has 0 aromatic carbocycles. The van der Waals surface area contributed by atoms with E-state index in [1.165, 1.54) is 0 Å². The fraction of sp³-hybridized carbons (Fsp3) is 0.667. The highest BCUT2D eigenvalue weighted by Crippen LogP contribution is 2.31. The first-order valence-corrected chi connectivity index (χ1v) is 8.03. The van der Waals surface area contributed by atoms with Gasteiger partial charge in [0.1, 0.15) is 9.90 Å². The van der Waals surface area contributed by atoms with Gasteiger partial charge in [-0.1, -0.05) is 0 Å². The Balaban J connectivity index is 2.05. The van der Waals surface area contributed by atoms with Crippen molar-refractivity contribution in [2.75, 3.05) is 43.7 Å². The van der Waals surface area contributed by atoms with Gasteiger partial charge < -0.3 is 20.5 Å². The van der Waals surface area contributed by atoms with E-state index in [-0.39, 0.29) is 16.8 Å². The highest BCUT2D eigenvalue weighted by molar-refractivity contribution is 7.91. The van der Waals surface area contributed by atoms with Crippen LogP contribution in [0.3, 0.4) is 0 Å². The van der Waals surface area contributed by atoms with Crippen LogP contribution in [0.2, 0.25) is 0 Å². The van der Waals surface area contributed by atoms with Gasteiger partial charge in [-0.2, -0.15) is 4.37 Å². The molecule has 18 heavy (non-hydrogen) atoms. The molecule has 102 valence electrons. The third kappa shape index (κ3) is 3.10. The first-order chi connectivity index (χ1) is 8.48. The lowest BCUT2D eigenvalue weighted by Gasteiger charge is -2.23. The van der Waals surface area contributed by atoms with Crippen molar-refractivity contribution in [2.45, 2.75) is 11.0 Å². The molecular formula is C9H15N3O4S2. The third-order valence-corrected chi connectivity index (χ3v) is 4.52. The van der Waals surface area contributed by atoms with Crippen LogP contribution >= 0.6 is 11.5 Å². The van der Waals surface area contributed by atoms with E-state index in [0.717, 1.165) is 17.8 Å². The summed E-state index contributed by atoms with van der Waals surface area (Å²) in [5, 5.41) is 3.45. The molecule has 2 heterocycles. The summed E-state index contributed by atoms with van der Waals surface area (Å²) in [6, 6.07) is 0. The van der Waals surface area contributed by atoms with Gasteiger partial charge in [-0.25, -0.2) is 8.42 Å². The third-order valence-electron chi connectivity index (χ3n) is 2.42. The van der Waals surface area contributed by atoms with Crippen molar-refractivity contribution < 1.29 is 17.9 Å². The van der Waals surface area contributed by atoms with Gasteiger partial charge in [0.25, 0.3) is 0 Å². The lowest BCUT2D eigenvalue weighted by molar-refractivity contribution is -0.0818. The Morgan fingerprint density at radius 2 is 2.33 bits per heavy atom. The van der Waals surface area contributed by atoms with E-state index >= 15 is 0 Å². The maximum atomic E-state index is 11.6. The van der Waals surface area contributed by atoms with Gasteiger partial charge in [-0.3, -0.25) is 0 Å². The first-order valence-electron chi connectivity index (χ1n) is 5.37. The van der Waals surface area contributed by atoms with Crippen LogP contribution in [0.5, 0.6) is 0 Å². The smallest absolute Gasteiger partial charge is 0.182 e. The summed E-state index contributed by atoms with van der Waals surface area (Å²) in [7, 11) is -3.39. The van der Waals surface area contributed by atoms with E-state index in [2.05, 4.69) is 9.69 Å². The fourth-order valence-corrected chi connectivity index (χ4v) is 3.70. The molecule has 0 saturated carbocycles. The SMILES string of the molecule is CS(=O)(=O)c1c(N)nsc1NCC1COCCO1. The molecule has 1 saturated heterocycles. The molecule has 0 bridgehead atoms. The monoisotopic (exact) mass is 293 g/mol. The second kappa shape index (κ2) is 5.39. The molecule has 3 N–H and O–H groups in total. The number of ether oxygens (including phenoxy) is 2. The zero-order chi connectivity index (χ0) is 13.2. The number of nitrogens with zero attached hydrogens (tertiary/aromatic N) is 1. The normalized spacial score (nSPS) is 20.8. The number of hydrogen-bond donors (Lipinski definition) is 2. The molecule has 1 fully saturated rings. The van der Waals surface area contributed by atoms with Crippen molar-refractivity contribution in [1.29, 1.82) is 0 Å². The molecule has 1 unspecified atom stereocenters. The number of rotatable bonds is 4. The Bertz CT molecular complexity index is 508. The number of nitrogens with two attached hydrogens (primary N) is 1. The Morgan fingerprint density at radius 3 is 2.94 bits per heavy atom. The average molecular weight is 293 g/mol. The summed E-state index contributed by atoms with van der Waals surface area (Å²) in [6.45, 7) is 2.11. The Kier molecular flexibility index (Phi) is 4.05. The van der Waals surface area contributed by atoms with E-state index < -0.39 is 9.84 Å². The number of nitrogens with one attached hydrogen (secondary N) is 1. The second-order valence-corrected chi connectivity index (χ2v) is 6.67. The van der Waals surface area contributed by atoms with Crippen molar-refractivity contribution in [3.8, 4) is 0 Å². The van der Waals surface area contributed by atoms with Crippen LogP contribution < -0.4 is 11.1 Å². The minimum Gasteiger partial charge on any atom is -0.382 e. The summed E-state index contributed by atoms with van der Waals surface area (Å²) in [4.78, 5) is 0.0595. The molecule has 2 rings (SSSR count). The zero-order valence-corrected chi connectivity index (χ0v) is 11.5. The second-order valence-electron chi connectivity index (χ2n) is 3.95. The van der Waals surface area contributed by atoms with Crippen molar-refractivity contribution >= 4 is 32.2 Å². The van der Waals surface area contributed by atoms with Crippen LogP contribution in [0.25, 0.3) is 0 Å². The van der Waals surface area contributed by atoms with Crippen LogP contribution in [0.1, 0.15) is 0 Å². The number of anilines is 2. The van der Waals surface area contributed by atoms with Crippen molar-refractivity contribution in [3.63, 3.8) is 0 Å². The highest BCUT2D eigenvalue weighted by Gasteiger charge is 2.22. The molecule has 0 spiro atoms. The predicted octanol–water partition coefficient (Wildman–Crippen LogP) is -0.0439. The number of hydrogen-bond acceptors (Lipinski definition) is 8. The van der Waals surface area contributed by atoms with Crippen LogP contribution in [-0.4, -0.2) is 51.5 Å². The highest BCUT2D eigenvalue weighted by atomic mass is 32.2. The molecule has 0 radical (unpaired) electrons. The summed E-state index contributed by atoms with van der Waals surface area (Å²) < 4.78 is 37.7. The molecule has 1 aromatic heterocycles. The maximum absolute atomic E-state index is 11.6. The van der Waals surface area contributed by atoms with Crippen molar-refractivity contribution in [2.24, 2.45) is 0 Å². The number of aromatic nitrogens is 1. The molecule has 1 atom stereocenters. The summed E-state index contributed by atoms with van der Waals surface area (Å²) in [6.07, 6.45) is 1.02. The molecule has 9 heteroatoms. The van der Waals surface area contributed by atoms with E-state index in [1.807, 2.05) is 0 Å². The quantitative estimate of drug-likeness (QED) is 0.802. The Hall–Kier alpha value is -0.900. The molecule has 1 aliphatic heterocycles. The summed E-state index contributed by atoms with van der Waals surface area (Å²) in [5.74, 6) is 0.0332. The minimum atomic E-state index is -3.39. The van der Waals surface area contributed by atoms with Gasteiger partial charge in [0.2, 0.25) is 0 Å². The Labute approximate surface area is 109 Å². The largest absolute Gasteiger partial charge is 0.382 e. The molecule has 0 aliphatic carbocycles. The average Bonchev–Trinajstić information content (AvgIpc) is 2.69. The number of nitrogen functional groups attached to an aromatic ring is 1. The standard InChI is InChI=1S/C9H15N3O4S2/c1-18(13,14)7-8(10)12-17-9(7)11-4-6-5-15-2-3-16-6/h6,11H,2-5H2,1H3,(H2,10,12). The molecule has 1 aliphatic rings.